The molecular weight excluding hydrogens is 370 g/mol. The normalized spacial score (nSPS) is 15.3. The fourth-order valence-electron chi connectivity index (χ4n) is 3.14. The summed E-state index contributed by atoms with van der Waals surface area (Å²) in [6.45, 7) is 13.2. The fourth-order valence-corrected chi connectivity index (χ4v) is 4.12. The number of piperazine rings is 1. The molecule has 1 aromatic rings. The van der Waals surface area contributed by atoms with Gasteiger partial charge in [-0.05, 0) is 19.8 Å². The van der Waals surface area contributed by atoms with Crippen LogP contribution in [0.25, 0.3) is 0 Å². The van der Waals surface area contributed by atoms with E-state index in [-0.39, 0.29) is 5.91 Å². The summed E-state index contributed by atoms with van der Waals surface area (Å²) in [6, 6.07) is 1.81. The van der Waals surface area contributed by atoms with E-state index in [1.54, 1.807) is 4.90 Å². The molecule has 26 heavy (non-hydrogen) atoms. The molecule has 1 N–H and O–H groups in total. The summed E-state index contributed by atoms with van der Waals surface area (Å²) in [7, 11) is 0. The van der Waals surface area contributed by atoms with Crippen molar-refractivity contribution in [2.45, 2.75) is 38.8 Å². The molecule has 1 saturated heterocycles. The predicted molar refractivity (Wildman–Crippen MR) is 108 cm³/mol. The van der Waals surface area contributed by atoms with Crippen LogP contribution in [-0.4, -0.2) is 72.3 Å². The second kappa shape index (κ2) is 10.9. The van der Waals surface area contributed by atoms with Gasteiger partial charge in [0.2, 0.25) is 5.91 Å². The van der Waals surface area contributed by atoms with Gasteiger partial charge in [0, 0.05) is 19.2 Å². The molecule has 2 heterocycles. The smallest absolute Gasteiger partial charge is 0.233 e. The minimum atomic E-state index is 0.161. The number of hydrogen-bond acceptors (Lipinski definition) is 5. The van der Waals surface area contributed by atoms with E-state index in [4.69, 9.17) is 11.6 Å². The molecule has 146 valence electrons. The Labute approximate surface area is 166 Å². The van der Waals surface area contributed by atoms with Crippen molar-refractivity contribution < 1.29 is 9.69 Å². The van der Waals surface area contributed by atoms with Crippen LogP contribution in [0.15, 0.2) is 11.2 Å². The first-order valence-electron chi connectivity index (χ1n) is 9.61. The lowest BCUT2D eigenvalue weighted by Gasteiger charge is -2.31. The van der Waals surface area contributed by atoms with Gasteiger partial charge in [-0.3, -0.25) is 4.79 Å². The third kappa shape index (κ3) is 6.28. The van der Waals surface area contributed by atoms with E-state index in [9.17, 15) is 4.79 Å². The van der Waals surface area contributed by atoms with Crippen LogP contribution in [0.4, 0.5) is 5.82 Å². The van der Waals surface area contributed by atoms with Crippen molar-refractivity contribution in [2.75, 3.05) is 56.5 Å². The highest BCUT2D eigenvalue weighted by Gasteiger charge is 2.23. The van der Waals surface area contributed by atoms with Gasteiger partial charge in [-0.15, -0.1) is 0 Å². The molecule has 0 saturated carbocycles. The molecule has 1 amide bonds. The van der Waals surface area contributed by atoms with E-state index < -0.39 is 0 Å². The molecule has 8 heteroatoms. The largest absolute Gasteiger partial charge is 0.356 e. The fraction of sp³-hybridized carbons (Fsp3) is 0.722. The van der Waals surface area contributed by atoms with Crippen LogP contribution in [0.1, 0.15) is 33.6 Å². The Bertz CT molecular complexity index is 575. The van der Waals surface area contributed by atoms with Crippen molar-refractivity contribution >= 4 is 35.1 Å². The van der Waals surface area contributed by atoms with E-state index in [1.165, 1.54) is 11.8 Å². The lowest BCUT2D eigenvalue weighted by molar-refractivity contribution is -0.902. The average Bonchev–Trinajstić information content (AvgIpc) is 2.65. The third-order valence-corrected chi connectivity index (χ3v) is 5.65. The average molecular weight is 401 g/mol. The lowest BCUT2D eigenvalue weighted by Crippen LogP contribution is -3.14. The van der Waals surface area contributed by atoms with E-state index >= 15 is 0 Å². The number of likely N-dealkylation sites (N-methyl/N-ethyl adjacent to an activating group) is 1. The zero-order valence-electron chi connectivity index (χ0n) is 16.1. The Balaban J connectivity index is 1.95. The Morgan fingerprint density at radius 3 is 2.46 bits per heavy atom. The number of nitrogens with one attached hydrogen (secondary N) is 1. The van der Waals surface area contributed by atoms with Crippen molar-refractivity contribution in [2.24, 2.45) is 0 Å². The van der Waals surface area contributed by atoms with Crippen molar-refractivity contribution in [3.8, 4) is 0 Å². The van der Waals surface area contributed by atoms with Crippen LogP contribution in [0.2, 0.25) is 5.15 Å². The zero-order valence-corrected chi connectivity index (χ0v) is 17.7. The van der Waals surface area contributed by atoms with Crippen LogP contribution >= 0.6 is 23.4 Å². The summed E-state index contributed by atoms with van der Waals surface area (Å²) in [5, 5.41) is 1.01. The third-order valence-electron chi connectivity index (χ3n) is 4.62. The molecule has 2 rings (SSSR count). The van der Waals surface area contributed by atoms with Crippen LogP contribution in [0.3, 0.4) is 0 Å². The van der Waals surface area contributed by atoms with E-state index in [0.29, 0.717) is 16.1 Å². The maximum Gasteiger partial charge on any atom is 0.233 e. The summed E-state index contributed by atoms with van der Waals surface area (Å²) in [4.78, 5) is 27.1. The standard InChI is InChI=1S/C18H30ClN5OS/c1-4-7-23(8-5-2)16-13-15(19)20-18(21-16)26-14-17(25)24-11-9-22(6-3)10-12-24/h13H,4-12,14H2,1-3H3/p+1. The molecule has 0 aliphatic carbocycles. The number of nitrogens with zero attached hydrogens (tertiary/aromatic N) is 4. The highest BCUT2D eigenvalue weighted by molar-refractivity contribution is 7.99. The number of rotatable bonds is 9. The quantitative estimate of drug-likeness (QED) is 0.387. The van der Waals surface area contributed by atoms with Gasteiger partial charge in [-0.2, -0.15) is 0 Å². The predicted octanol–water partition coefficient (Wildman–Crippen LogP) is 1.60. The molecular formula is C18H31ClN5OS+. The number of carbonyl (C=O) groups excluding carboxylic acids is 1. The van der Waals surface area contributed by atoms with Crippen LogP contribution in [0.5, 0.6) is 0 Å². The number of quaternary nitrogens is 1. The molecule has 1 aliphatic rings. The number of halogens is 1. The monoisotopic (exact) mass is 400 g/mol. The van der Waals surface area contributed by atoms with E-state index in [1.807, 2.05) is 11.0 Å². The molecule has 1 aromatic heterocycles. The zero-order chi connectivity index (χ0) is 18.9. The Morgan fingerprint density at radius 1 is 1.23 bits per heavy atom. The molecule has 1 fully saturated rings. The summed E-state index contributed by atoms with van der Waals surface area (Å²) in [6.07, 6.45) is 2.10. The first-order chi connectivity index (χ1) is 12.6. The molecule has 0 aromatic carbocycles. The topological polar surface area (TPSA) is 53.8 Å². The number of hydrogen-bond donors (Lipinski definition) is 1. The second-order valence-electron chi connectivity index (χ2n) is 6.59. The van der Waals surface area contributed by atoms with Gasteiger partial charge in [-0.25, -0.2) is 9.97 Å². The maximum absolute atomic E-state index is 12.5. The first-order valence-corrected chi connectivity index (χ1v) is 11.0. The minimum Gasteiger partial charge on any atom is -0.356 e. The minimum absolute atomic E-state index is 0.161. The summed E-state index contributed by atoms with van der Waals surface area (Å²) in [5.74, 6) is 1.38. The van der Waals surface area contributed by atoms with Gasteiger partial charge in [0.25, 0.3) is 0 Å². The number of anilines is 1. The molecule has 0 unspecified atom stereocenters. The van der Waals surface area contributed by atoms with Gasteiger partial charge >= 0.3 is 0 Å². The Morgan fingerprint density at radius 2 is 1.88 bits per heavy atom. The molecule has 0 spiro atoms. The molecule has 1 aliphatic heterocycles. The van der Waals surface area contributed by atoms with Crippen LogP contribution in [-0.2, 0) is 4.79 Å². The molecule has 0 atom stereocenters. The molecule has 0 radical (unpaired) electrons. The number of thioether (sulfide) groups is 1. The van der Waals surface area contributed by atoms with Gasteiger partial charge < -0.3 is 14.7 Å². The molecule has 6 nitrogen and oxygen atoms in total. The van der Waals surface area contributed by atoms with E-state index in [2.05, 4.69) is 35.6 Å². The van der Waals surface area contributed by atoms with Gasteiger partial charge in [-0.1, -0.05) is 37.2 Å². The number of aromatic nitrogens is 2. The lowest BCUT2D eigenvalue weighted by atomic mass is 10.3. The van der Waals surface area contributed by atoms with E-state index in [0.717, 1.165) is 64.5 Å². The highest BCUT2D eigenvalue weighted by Crippen LogP contribution is 2.22. The van der Waals surface area contributed by atoms with Crippen LogP contribution in [0, 0.1) is 0 Å². The highest BCUT2D eigenvalue weighted by atomic mass is 35.5. The van der Waals surface area contributed by atoms with Gasteiger partial charge in [0.05, 0.1) is 38.5 Å². The van der Waals surface area contributed by atoms with Crippen molar-refractivity contribution in [1.82, 2.24) is 14.9 Å². The van der Waals surface area contributed by atoms with Crippen molar-refractivity contribution in [3.05, 3.63) is 11.2 Å². The second-order valence-corrected chi connectivity index (χ2v) is 7.92. The first kappa shape index (κ1) is 21.3. The van der Waals surface area contributed by atoms with Gasteiger partial charge in [0.1, 0.15) is 11.0 Å². The summed E-state index contributed by atoms with van der Waals surface area (Å²) >= 11 is 7.58. The SMILES string of the molecule is CCCN(CCC)c1cc(Cl)nc(SCC(=O)N2CC[NH+](CC)CC2)n1. The van der Waals surface area contributed by atoms with Crippen molar-refractivity contribution in [3.63, 3.8) is 0 Å². The summed E-state index contributed by atoms with van der Waals surface area (Å²) < 4.78 is 0. The summed E-state index contributed by atoms with van der Waals surface area (Å²) in [5.41, 5.74) is 0. The van der Waals surface area contributed by atoms with Crippen LogP contribution < -0.4 is 9.80 Å². The Hall–Kier alpha value is -1.05. The Kier molecular flexibility index (Phi) is 8.95. The van der Waals surface area contributed by atoms with Crippen molar-refractivity contribution in [1.29, 1.82) is 0 Å². The molecule has 0 bridgehead atoms. The van der Waals surface area contributed by atoms with Gasteiger partial charge in [0.15, 0.2) is 5.16 Å². The number of amides is 1. The number of carbonyl (C=O) groups is 1. The maximum atomic E-state index is 12.5.